The third kappa shape index (κ3) is 2.95. The molecule has 8 heteroatoms. The van der Waals surface area contributed by atoms with E-state index in [1.165, 1.54) is 18.9 Å². The van der Waals surface area contributed by atoms with Crippen LogP contribution in [0.25, 0.3) is 11.0 Å². The van der Waals surface area contributed by atoms with Gasteiger partial charge in [0.15, 0.2) is 5.16 Å². The third-order valence-electron chi connectivity index (χ3n) is 4.68. The van der Waals surface area contributed by atoms with Gasteiger partial charge in [0, 0.05) is 7.05 Å². The Hall–Kier alpha value is -3.13. The second-order valence-corrected chi connectivity index (χ2v) is 7.51. The smallest absolute Gasteiger partial charge is 0.321 e. The van der Waals surface area contributed by atoms with Crippen LogP contribution in [0, 0.1) is 0 Å². The molecule has 1 atom stereocenters. The molecule has 0 N–H and O–H groups in total. The fraction of sp³-hybridized carbons (Fsp3) is 0.200. The van der Waals surface area contributed by atoms with Gasteiger partial charge in [0.05, 0.1) is 35.8 Å². The third-order valence-corrected chi connectivity index (χ3v) is 5.89. The first-order valence-electron chi connectivity index (χ1n) is 8.62. The van der Waals surface area contributed by atoms with Gasteiger partial charge in [-0.05, 0) is 24.3 Å². The van der Waals surface area contributed by atoms with Crippen molar-refractivity contribution >= 4 is 40.6 Å². The van der Waals surface area contributed by atoms with Gasteiger partial charge in [-0.25, -0.2) is 4.98 Å². The van der Waals surface area contributed by atoms with E-state index in [0.29, 0.717) is 16.3 Å². The second-order valence-electron chi connectivity index (χ2n) is 6.34. The molecule has 1 aliphatic rings. The first kappa shape index (κ1) is 18.2. The molecule has 28 heavy (non-hydrogen) atoms. The van der Waals surface area contributed by atoms with E-state index in [1.807, 2.05) is 35.9 Å². The topological polar surface area (TPSA) is 81.5 Å². The molecular formula is C20H17N3O4S. The molecule has 2 heterocycles. The van der Waals surface area contributed by atoms with Gasteiger partial charge < -0.3 is 9.30 Å². The van der Waals surface area contributed by atoms with Crippen LogP contribution >= 0.6 is 11.8 Å². The van der Waals surface area contributed by atoms with Crippen molar-refractivity contribution in [3.05, 3.63) is 59.7 Å². The molecule has 7 nitrogen and oxygen atoms in total. The monoisotopic (exact) mass is 395 g/mol. The predicted octanol–water partition coefficient (Wildman–Crippen LogP) is 2.50. The summed E-state index contributed by atoms with van der Waals surface area (Å²) in [5, 5.41) is -0.184. The van der Waals surface area contributed by atoms with Crippen molar-refractivity contribution in [1.29, 1.82) is 0 Å². The molecule has 4 rings (SSSR count). The summed E-state index contributed by atoms with van der Waals surface area (Å²) in [6.07, 6.45) is 0. The highest BCUT2D eigenvalue weighted by atomic mass is 32.2. The van der Waals surface area contributed by atoms with Crippen molar-refractivity contribution in [2.24, 2.45) is 7.05 Å². The van der Waals surface area contributed by atoms with E-state index >= 15 is 0 Å². The van der Waals surface area contributed by atoms with Gasteiger partial charge in [-0.15, -0.1) is 0 Å². The number of esters is 1. The number of imidazole rings is 1. The van der Waals surface area contributed by atoms with E-state index in [9.17, 15) is 14.4 Å². The number of ether oxygens (including phenoxy) is 1. The number of carbonyl (C=O) groups is 3. The number of benzene rings is 2. The molecule has 0 saturated carbocycles. The minimum Gasteiger partial charge on any atom is -0.468 e. The van der Waals surface area contributed by atoms with Crippen LogP contribution in [0.4, 0.5) is 0 Å². The number of fused-ring (bicyclic) bond motifs is 2. The largest absolute Gasteiger partial charge is 0.468 e. The fourth-order valence-electron chi connectivity index (χ4n) is 3.22. The number of para-hydroxylation sites is 2. The number of aryl methyl sites for hydroxylation is 1. The average molecular weight is 395 g/mol. The number of imide groups is 1. The standard InChI is InChI=1S/C20H17N3O4S/c1-22-15-10-6-5-9-14(15)21-20(22)28-16(19(26)27-2)11-23-17(24)12-7-3-4-8-13(12)18(23)25/h3-10,16H,11H2,1-2H3/t16-/m1/s1. The molecule has 0 unspecified atom stereocenters. The van der Waals surface area contributed by atoms with E-state index in [1.54, 1.807) is 24.3 Å². The molecule has 0 aliphatic carbocycles. The molecule has 0 bridgehead atoms. The highest BCUT2D eigenvalue weighted by molar-refractivity contribution is 8.00. The Balaban J connectivity index is 1.63. The van der Waals surface area contributed by atoms with E-state index in [4.69, 9.17) is 4.74 Å². The summed E-state index contributed by atoms with van der Waals surface area (Å²) in [5.41, 5.74) is 2.43. The Labute approximate surface area is 165 Å². The quantitative estimate of drug-likeness (QED) is 0.375. The molecule has 0 saturated heterocycles. The van der Waals surface area contributed by atoms with Crippen LogP contribution in [-0.2, 0) is 16.6 Å². The normalized spacial score (nSPS) is 14.4. The van der Waals surface area contributed by atoms with Gasteiger partial charge in [-0.3, -0.25) is 19.3 Å². The Morgan fingerprint density at radius 3 is 2.29 bits per heavy atom. The number of thioether (sulfide) groups is 1. The average Bonchev–Trinajstić information content (AvgIpc) is 3.16. The van der Waals surface area contributed by atoms with Gasteiger partial charge in [-0.1, -0.05) is 36.0 Å². The SMILES string of the molecule is COC(=O)[C@@H](CN1C(=O)c2ccccc2C1=O)Sc1nc2ccccc2n1C. The Kier molecular flexibility index (Phi) is 4.64. The van der Waals surface area contributed by atoms with Crippen LogP contribution < -0.4 is 0 Å². The lowest BCUT2D eigenvalue weighted by atomic mass is 10.1. The molecule has 2 aromatic carbocycles. The van der Waals surface area contributed by atoms with Crippen molar-refractivity contribution in [3.63, 3.8) is 0 Å². The number of carbonyl (C=O) groups excluding carboxylic acids is 3. The molecule has 3 aromatic rings. The zero-order valence-corrected chi connectivity index (χ0v) is 16.1. The second kappa shape index (κ2) is 7.12. The molecule has 2 amide bonds. The van der Waals surface area contributed by atoms with E-state index in [0.717, 1.165) is 15.9 Å². The summed E-state index contributed by atoms with van der Waals surface area (Å²) in [5.74, 6) is -1.33. The molecule has 0 fully saturated rings. The Morgan fingerprint density at radius 1 is 1.07 bits per heavy atom. The zero-order chi connectivity index (χ0) is 19.8. The van der Waals surface area contributed by atoms with Gasteiger partial charge in [0.1, 0.15) is 5.25 Å². The van der Waals surface area contributed by atoms with Crippen LogP contribution in [0.15, 0.2) is 53.7 Å². The minimum atomic E-state index is -0.789. The molecule has 1 aromatic heterocycles. The molecule has 142 valence electrons. The van der Waals surface area contributed by atoms with Crippen molar-refractivity contribution in [3.8, 4) is 0 Å². The van der Waals surface area contributed by atoms with Crippen LogP contribution in [0.1, 0.15) is 20.7 Å². The summed E-state index contributed by atoms with van der Waals surface area (Å²) in [6, 6.07) is 14.3. The van der Waals surface area contributed by atoms with E-state index in [-0.39, 0.29) is 6.54 Å². The van der Waals surface area contributed by atoms with Gasteiger partial charge in [0.2, 0.25) is 0 Å². The lowest BCUT2D eigenvalue weighted by Gasteiger charge is -2.20. The fourth-order valence-corrected chi connectivity index (χ4v) is 4.30. The highest BCUT2D eigenvalue weighted by Crippen LogP contribution is 2.30. The predicted molar refractivity (Wildman–Crippen MR) is 104 cm³/mol. The molecule has 0 radical (unpaired) electrons. The first-order chi connectivity index (χ1) is 13.5. The van der Waals surface area contributed by atoms with Crippen molar-refractivity contribution in [2.45, 2.75) is 10.4 Å². The summed E-state index contributed by atoms with van der Waals surface area (Å²) in [6.45, 7) is -0.0904. The number of hydrogen-bond acceptors (Lipinski definition) is 6. The number of hydrogen-bond donors (Lipinski definition) is 0. The minimum absolute atomic E-state index is 0.0904. The summed E-state index contributed by atoms with van der Waals surface area (Å²) >= 11 is 1.17. The number of rotatable bonds is 5. The zero-order valence-electron chi connectivity index (χ0n) is 15.3. The van der Waals surface area contributed by atoms with Crippen LogP contribution in [-0.4, -0.2) is 51.1 Å². The van der Waals surface area contributed by atoms with Crippen LogP contribution in [0.3, 0.4) is 0 Å². The van der Waals surface area contributed by atoms with Gasteiger partial charge >= 0.3 is 5.97 Å². The lowest BCUT2D eigenvalue weighted by molar-refractivity contribution is -0.140. The molecule has 1 aliphatic heterocycles. The Bertz CT molecular complexity index is 1070. The number of amides is 2. The number of aromatic nitrogens is 2. The van der Waals surface area contributed by atoms with Crippen molar-refractivity contribution in [1.82, 2.24) is 14.5 Å². The van der Waals surface area contributed by atoms with E-state index in [2.05, 4.69) is 4.98 Å². The van der Waals surface area contributed by atoms with E-state index < -0.39 is 23.0 Å². The molecule has 0 spiro atoms. The van der Waals surface area contributed by atoms with Crippen LogP contribution in [0.2, 0.25) is 0 Å². The van der Waals surface area contributed by atoms with Crippen molar-refractivity contribution in [2.75, 3.05) is 13.7 Å². The number of methoxy groups -OCH3 is 1. The maximum Gasteiger partial charge on any atom is 0.321 e. The van der Waals surface area contributed by atoms with Gasteiger partial charge in [-0.2, -0.15) is 0 Å². The van der Waals surface area contributed by atoms with Crippen molar-refractivity contribution < 1.29 is 19.1 Å². The summed E-state index contributed by atoms with van der Waals surface area (Å²) < 4.78 is 6.78. The first-order valence-corrected chi connectivity index (χ1v) is 9.50. The maximum atomic E-state index is 12.6. The maximum absolute atomic E-state index is 12.6. The lowest BCUT2D eigenvalue weighted by Crippen LogP contribution is -2.39. The number of nitrogens with zero attached hydrogens (tertiary/aromatic N) is 3. The van der Waals surface area contributed by atoms with Gasteiger partial charge in [0.25, 0.3) is 11.8 Å². The molecular weight excluding hydrogens is 378 g/mol. The van der Waals surface area contributed by atoms with Crippen LogP contribution in [0.5, 0.6) is 0 Å². The highest BCUT2D eigenvalue weighted by Gasteiger charge is 2.38. The summed E-state index contributed by atoms with van der Waals surface area (Å²) in [4.78, 5) is 43.3. The summed E-state index contributed by atoms with van der Waals surface area (Å²) in [7, 11) is 3.14. The Morgan fingerprint density at radius 2 is 1.68 bits per heavy atom.